The van der Waals surface area contributed by atoms with E-state index >= 15 is 0 Å². The number of amides is 2. The summed E-state index contributed by atoms with van der Waals surface area (Å²) in [5.74, 6) is -0.429. The zero-order valence-corrected chi connectivity index (χ0v) is 18.1. The number of carbonyl (C=O) groups is 2. The zero-order valence-electron chi connectivity index (χ0n) is 17.2. The van der Waals surface area contributed by atoms with Gasteiger partial charge in [-0.05, 0) is 48.6 Å². The first-order valence-corrected chi connectivity index (χ1v) is 11.3. The van der Waals surface area contributed by atoms with E-state index in [1.807, 2.05) is 67.9 Å². The summed E-state index contributed by atoms with van der Waals surface area (Å²) in [4.78, 5) is 29.6. The lowest BCUT2D eigenvalue weighted by molar-refractivity contribution is -0.145. The van der Waals surface area contributed by atoms with Gasteiger partial charge in [0.25, 0.3) is 0 Å². The maximum absolute atomic E-state index is 12.7. The average Bonchev–Trinajstić information content (AvgIpc) is 3.17. The van der Waals surface area contributed by atoms with Crippen LogP contribution in [0.4, 0.5) is 10.5 Å². The number of para-hydroxylation sites is 1. The van der Waals surface area contributed by atoms with Gasteiger partial charge in [-0.2, -0.15) is 0 Å². The largest absolute Gasteiger partial charge is 0.464 e. The van der Waals surface area contributed by atoms with Gasteiger partial charge in [0.1, 0.15) is 6.04 Å². The second kappa shape index (κ2) is 10.7. The number of H-pyrrole nitrogens is 1. The summed E-state index contributed by atoms with van der Waals surface area (Å²) >= 11 is 1.63. The molecule has 0 saturated heterocycles. The zero-order chi connectivity index (χ0) is 21.3. The molecule has 1 aromatic heterocycles. The maximum atomic E-state index is 12.7. The molecule has 3 rings (SSSR count). The van der Waals surface area contributed by atoms with Crippen LogP contribution >= 0.6 is 11.8 Å². The van der Waals surface area contributed by atoms with Crippen LogP contribution in [0.2, 0.25) is 0 Å². The highest BCUT2D eigenvalue weighted by Gasteiger charge is 2.24. The third-order valence-corrected chi connectivity index (χ3v) is 5.52. The second-order valence-electron chi connectivity index (χ2n) is 6.96. The summed E-state index contributed by atoms with van der Waals surface area (Å²) in [5.41, 5.74) is 2.60. The highest BCUT2D eigenvalue weighted by molar-refractivity contribution is 7.98. The molecule has 1 unspecified atom stereocenters. The molecule has 0 fully saturated rings. The van der Waals surface area contributed by atoms with Gasteiger partial charge in [-0.15, -0.1) is 11.8 Å². The van der Waals surface area contributed by atoms with Crippen molar-refractivity contribution in [1.82, 2.24) is 10.3 Å². The Morgan fingerprint density at radius 2 is 1.90 bits per heavy atom. The van der Waals surface area contributed by atoms with Crippen molar-refractivity contribution in [2.24, 2.45) is 0 Å². The molecule has 0 aliphatic carbocycles. The number of aromatic amines is 1. The highest BCUT2D eigenvalue weighted by atomic mass is 32.2. The molecule has 6 nitrogen and oxygen atoms in total. The summed E-state index contributed by atoms with van der Waals surface area (Å²) in [7, 11) is 0. The minimum atomic E-state index is -0.786. The summed E-state index contributed by atoms with van der Waals surface area (Å²) in [6.45, 7) is 2.38. The normalized spacial score (nSPS) is 11.8. The van der Waals surface area contributed by atoms with Crippen LogP contribution in [0.15, 0.2) is 59.6 Å². The first-order valence-electron chi connectivity index (χ1n) is 10.0. The first kappa shape index (κ1) is 21.8. The number of hydrogen-bond donors (Lipinski definition) is 3. The molecule has 2 amide bonds. The summed E-state index contributed by atoms with van der Waals surface area (Å²) in [6.07, 6.45) is 5.93. The standard InChI is InChI=1S/C23H27N3O3S/c1-3-4-13-29-22(27)21(14-16-15-24-20-8-6-5-7-19(16)20)26-23(28)25-17-9-11-18(30-2)12-10-17/h5-12,15,21,24H,3-4,13-14H2,1-2H3,(H2,25,26,28). The van der Waals surface area contributed by atoms with Crippen LogP contribution in [0, 0.1) is 0 Å². The number of ether oxygens (including phenoxy) is 1. The lowest BCUT2D eigenvalue weighted by atomic mass is 10.1. The van der Waals surface area contributed by atoms with E-state index in [0.717, 1.165) is 34.2 Å². The number of nitrogens with one attached hydrogen (secondary N) is 3. The molecule has 0 spiro atoms. The number of carbonyl (C=O) groups excluding carboxylic acids is 2. The van der Waals surface area contributed by atoms with E-state index in [1.165, 1.54) is 0 Å². The van der Waals surface area contributed by atoms with E-state index in [9.17, 15) is 9.59 Å². The Labute approximate surface area is 180 Å². The van der Waals surface area contributed by atoms with E-state index in [2.05, 4.69) is 15.6 Å². The number of anilines is 1. The molecule has 0 radical (unpaired) electrons. The predicted octanol–water partition coefficient (Wildman–Crippen LogP) is 4.97. The lowest BCUT2D eigenvalue weighted by Gasteiger charge is -2.18. The number of urea groups is 1. The van der Waals surface area contributed by atoms with E-state index in [4.69, 9.17) is 4.74 Å². The van der Waals surface area contributed by atoms with Gasteiger partial charge in [-0.1, -0.05) is 31.5 Å². The van der Waals surface area contributed by atoms with E-state index in [1.54, 1.807) is 11.8 Å². The molecule has 30 heavy (non-hydrogen) atoms. The van der Waals surface area contributed by atoms with Crippen LogP contribution in [0.1, 0.15) is 25.3 Å². The predicted molar refractivity (Wildman–Crippen MR) is 122 cm³/mol. The Kier molecular flexibility index (Phi) is 7.79. The summed E-state index contributed by atoms with van der Waals surface area (Å²) < 4.78 is 5.39. The van der Waals surface area contributed by atoms with Gasteiger partial charge in [0.15, 0.2) is 0 Å². The topological polar surface area (TPSA) is 83.2 Å². The van der Waals surface area contributed by atoms with Gasteiger partial charge in [0, 0.05) is 34.1 Å². The minimum Gasteiger partial charge on any atom is -0.464 e. The van der Waals surface area contributed by atoms with Crippen molar-refractivity contribution in [2.75, 3.05) is 18.2 Å². The molecule has 0 saturated carbocycles. The Bertz CT molecular complexity index is 985. The van der Waals surface area contributed by atoms with Gasteiger partial charge in [-0.25, -0.2) is 9.59 Å². The Hall–Kier alpha value is -2.93. The van der Waals surface area contributed by atoms with Gasteiger partial charge >= 0.3 is 12.0 Å². The Morgan fingerprint density at radius 1 is 1.13 bits per heavy atom. The van der Waals surface area contributed by atoms with Crippen molar-refractivity contribution in [3.05, 3.63) is 60.3 Å². The lowest BCUT2D eigenvalue weighted by Crippen LogP contribution is -2.45. The van der Waals surface area contributed by atoms with Crippen LogP contribution in [-0.2, 0) is 16.0 Å². The number of thioether (sulfide) groups is 1. The van der Waals surface area contributed by atoms with Crippen molar-refractivity contribution in [2.45, 2.75) is 37.1 Å². The number of esters is 1. The smallest absolute Gasteiger partial charge is 0.329 e. The fourth-order valence-corrected chi connectivity index (χ4v) is 3.54. The molecular weight excluding hydrogens is 398 g/mol. The van der Waals surface area contributed by atoms with Crippen molar-refractivity contribution < 1.29 is 14.3 Å². The van der Waals surface area contributed by atoms with E-state index < -0.39 is 18.0 Å². The molecule has 3 N–H and O–H groups in total. The number of hydrogen-bond acceptors (Lipinski definition) is 4. The van der Waals surface area contributed by atoms with Crippen LogP contribution < -0.4 is 10.6 Å². The monoisotopic (exact) mass is 425 g/mol. The van der Waals surface area contributed by atoms with Crippen molar-refractivity contribution in [3.8, 4) is 0 Å². The molecule has 2 aromatic carbocycles. The fourth-order valence-electron chi connectivity index (χ4n) is 3.13. The Balaban J connectivity index is 1.71. The number of aromatic nitrogens is 1. The molecular formula is C23H27N3O3S. The molecule has 0 aliphatic rings. The van der Waals surface area contributed by atoms with Crippen molar-refractivity contribution >= 4 is 40.4 Å². The van der Waals surface area contributed by atoms with Crippen LogP contribution in [0.5, 0.6) is 0 Å². The second-order valence-corrected chi connectivity index (χ2v) is 7.84. The van der Waals surface area contributed by atoms with Gasteiger partial charge in [0.2, 0.25) is 0 Å². The summed E-state index contributed by atoms with van der Waals surface area (Å²) in [5, 5.41) is 6.59. The molecule has 1 atom stereocenters. The molecule has 0 bridgehead atoms. The van der Waals surface area contributed by atoms with Gasteiger partial charge in [-0.3, -0.25) is 0 Å². The number of fused-ring (bicyclic) bond motifs is 1. The number of unbranched alkanes of at least 4 members (excludes halogenated alkanes) is 1. The molecule has 0 aliphatic heterocycles. The Morgan fingerprint density at radius 3 is 2.63 bits per heavy atom. The number of rotatable bonds is 9. The maximum Gasteiger partial charge on any atom is 0.329 e. The highest BCUT2D eigenvalue weighted by Crippen LogP contribution is 2.20. The van der Waals surface area contributed by atoms with Gasteiger partial charge in [0.05, 0.1) is 6.61 Å². The van der Waals surface area contributed by atoms with Crippen LogP contribution in [-0.4, -0.2) is 35.9 Å². The SMILES string of the molecule is CCCCOC(=O)C(Cc1c[nH]c2ccccc12)NC(=O)Nc1ccc(SC)cc1. The third kappa shape index (κ3) is 5.79. The molecule has 158 valence electrons. The molecule has 7 heteroatoms. The van der Waals surface area contributed by atoms with Crippen LogP contribution in [0.3, 0.4) is 0 Å². The fraction of sp³-hybridized carbons (Fsp3) is 0.304. The average molecular weight is 426 g/mol. The summed E-state index contributed by atoms with van der Waals surface area (Å²) in [6, 6.07) is 14.2. The van der Waals surface area contributed by atoms with Gasteiger partial charge < -0.3 is 20.4 Å². The third-order valence-electron chi connectivity index (χ3n) is 4.78. The molecule has 3 aromatic rings. The van der Waals surface area contributed by atoms with Crippen molar-refractivity contribution in [3.63, 3.8) is 0 Å². The number of benzene rings is 2. The minimum absolute atomic E-state index is 0.341. The van der Waals surface area contributed by atoms with E-state index in [-0.39, 0.29) is 0 Å². The van der Waals surface area contributed by atoms with E-state index in [0.29, 0.717) is 18.7 Å². The van der Waals surface area contributed by atoms with Crippen LogP contribution in [0.25, 0.3) is 10.9 Å². The quantitative estimate of drug-likeness (QED) is 0.257. The van der Waals surface area contributed by atoms with Crippen molar-refractivity contribution in [1.29, 1.82) is 0 Å². The first-order chi connectivity index (χ1) is 14.6. The molecule has 1 heterocycles.